The monoisotopic (exact) mass is 1440 g/mol. The lowest BCUT2D eigenvalue weighted by Gasteiger charge is -2.48. The summed E-state index contributed by atoms with van der Waals surface area (Å²) in [5, 5.41) is 6.22. The van der Waals surface area contributed by atoms with Crippen LogP contribution in [-0.4, -0.2) is 152 Å². The van der Waals surface area contributed by atoms with Crippen molar-refractivity contribution in [1.29, 1.82) is 0 Å². The third-order valence-corrected chi connectivity index (χ3v) is 19.6. The van der Waals surface area contributed by atoms with E-state index in [0.29, 0.717) is 25.7 Å². The number of methoxy groups -OCH3 is 2. The van der Waals surface area contributed by atoms with Gasteiger partial charge in [-0.3, -0.25) is 28.0 Å². The summed E-state index contributed by atoms with van der Waals surface area (Å²) in [6.07, 6.45) is 39.6. The molecule has 2 fully saturated rings. The highest BCUT2D eigenvalue weighted by atomic mass is 31.2. The molecule has 1 unspecified atom stereocenters. The number of carbonyl (C=O) groups is 4. The number of unbranched alkanes of at least 4 members (excludes halogenated alkanes) is 30. The molecule has 20 nitrogen and oxygen atoms in total. The molecule has 580 valence electrons. The number of nitrogens with one attached hydrogen (secondary N) is 2. The molecule has 0 aromatic rings. The van der Waals surface area contributed by atoms with E-state index in [1.165, 1.54) is 102 Å². The van der Waals surface area contributed by atoms with E-state index >= 15 is 0 Å². The van der Waals surface area contributed by atoms with Crippen LogP contribution in [0.25, 0.3) is 0 Å². The fourth-order valence-corrected chi connectivity index (χ4v) is 13.8. The van der Waals surface area contributed by atoms with E-state index in [9.17, 15) is 23.7 Å². The molecule has 0 aliphatic carbocycles. The maximum atomic E-state index is 14.8. The van der Waals surface area contributed by atoms with Gasteiger partial charge in [0, 0.05) is 40.3 Å². The van der Waals surface area contributed by atoms with E-state index in [4.69, 9.17) is 60.9 Å². The van der Waals surface area contributed by atoms with Gasteiger partial charge in [0.15, 0.2) is 12.4 Å². The van der Waals surface area contributed by atoms with Crippen molar-refractivity contribution in [3.8, 4) is 0 Å². The Balaban J connectivity index is 2.74. The predicted octanol–water partition coefficient (Wildman–Crippen LogP) is 18.8. The minimum absolute atomic E-state index is 0.103. The van der Waals surface area contributed by atoms with Crippen LogP contribution in [0.2, 0.25) is 0 Å². The first-order chi connectivity index (χ1) is 48.8. The lowest BCUT2D eigenvalue weighted by Crippen LogP contribution is -2.68. The summed E-state index contributed by atoms with van der Waals surface area (Å²) in [6, 6.07) is -2.33. The number of rotatable bonds is 68. The molecule has 0 saturated carbocycles. The van der Waals surface area contributed by atoms with E-state index < -0.39 is 94.2 Å². The van der Waals surface area contributed by atoms with Gasteiger partial charge in [-0.25, -0.2) is 9.36 Å². The summed E-state index contributed by atoms with van der Waals surface area (Å²) in [7, 11) is -1.33. The Labute approximate surface area is 606 Å². The lowest BCUT2D eigenvalue weighted by atomic mass is 9.95. The van der Waals surface area contributed by atoms with Crippen molar-refractivity contribution in [3.63, 3.8) is 0 Å². The molecule has 0 aromatic carbocycles. The SMILES string of the molecule is C=CCOC(=O)O[C@H]1[C@H](OCCCCCCCCCC)[C@@H](NC(=O)CC(=O)CCCCCCCCCCC)C(O/C=C\C)O[C@@H]1CO[C@@H]1O[C@H](COC)[C@@H](OP(=O)(OCC=C)OCC=C)[C@H](OCC[C@@H](CCCCCCC)OC)[C@H]1NC(=O)CCCCCCCCC/C=C\CCCCCC. The van der Waals surface area contributed by atoms with Gasteiger partial charge >= 0.3 is 14.0 Å². The van der Waals surface area contributed by atoms with E-state index in [-0.39, 0.29) is 70.3 Å². The Morgan fingerprint density at radius 1 is 0.500 bits per heavy atom. The average molecular weight is 1440 g/mol. The first kappa shape index (κ1) is 92.3. The van der Waals surface area contributed by atoms with Gasteiger partial charge in [0.05, 0.1) is 45.2 Å². The minimum Gasteiger partial charge on any atom is -0.471 e. The molecule has 2 heterocycles. The van der Waals surface area contributed by atoms with Crippen molar-refractivity contribution in [2.24, 2.45) is 0 Å². The Bertz CT molecular complexity index is 2170. The second kappa shape index (κ2) is 62.6. The molecule has 21 heteroatoms. The molecule has 2 amide bonds. The van der Waals surface area contributed by atoms with Crippen LogP contribution in [0, 0.1) is 0 Å². The molecule has 0 radical (unpaired) electrons. The number of hydrogen-bond donors (Lipinski definition) is 2. The number of phosphoric acid groups is 1. The number of allylic oxidation sites excluding steroid dienone is 3. The number of amides is 2. The molecule has 2 aliphatic heterocycles. The van der Waals surface area contributed by atoms with Crippen LogP contribution in [0.15, 0.2) is 62.5 Å². The smallest absolute Gasteiger partial charge is 0.471 e. The summed E-state index contributed by atoms with van der Waals surface area (Å²) in [5.74, 6) is -1.10. The van der Waals surface area contributed by atoms with E-state index in [1.54, 1.807) is 20.1 Å². The number of ether oxygens (including phenoxy) is 10. The van der Waals surface area contributed by atoms with Gasteiger partial charge < -0.3 is 58.0 Å². The highest BCUT2D eigenvalue weighted by Crippen LogP contribution is 2.52. The van der Waals surface area contributed by atoms with Crippen molar-refractivity contribution in [1.82, 2.24) is 10.6 Å². The van der Waals surface area contributed by atoms with Gasteiger partial charge in [0.1, 0.15) is 55.0 Å². The fraction of sp³-hybridized carbons (Fsp3) is 0.823. The molecular weight excluding hydrogens is 1300 g/mol. The molecule has 100 heavy (non-hydrogen) atoms. The van der Waals surface area contributed by atoms with Crippen LogP contribution in [0.1, 0.15) is 291 Å². The van der Waals surface area contributed by atoms with Crippen LogP contribution in [0.3, 0.4) is 0 Å². The summed E-state index contributed by atoms with van der Waals surface area (Å²) in [6.45, 7) is 21.0. The standard InChI is InChI=1S/C79H141N2O18P/c1-11-19-23-27-30-33-34-35-36-37-38-40-42-46-50-54-69(83)80-72-76(90-61-55-66(88-10)53-49-44-26-22-14-4)74(99-100(86,94-58-17-7)95-59-18-8)67(63-87-9)96-78(72)93-64-68-73(98-79(85)92-57-16-6)75(89-60-51-47-43-32-29-25-21-13-3)71(77(97-68)91-56-15-5)81-70(84)62-65(82)52-48-45-41-39-31-28-24-20-12-2/h15-18,33-34,56,66-68,71-78H,6-8,11-14,19-32,35-55,57-64H2,1-5,9-10H3,(H,80,83)(H,81,84)/b34-33-,56-15-/t66-,67-,68-,71-,72-,73-,74-,75-,76-,77?,78-/m1/s1. The largest absolute Gasteiger partial charge is 0.509 e. The van der Waals surface area contributed by atoms with Crippen LogP contribution in [0.5, 0.6) is 0 Å². The summed E-state index contributed by atoms with van der Waals surface area (Å²) >= 11 is 0. The van der Waals surface area contributed by atoms with Gasteiger partial charge in [0.25, 0.3) is 0 Å². The number of Topliss-reactive ketones (excluding diaryl/α,β-unsaturated/α-hetero) is 1. The number of hydrogen-bond acceptors (Lipinski definition) is 18. The van der Waals surface area contributed by atoms with Crippen molar-refractivity contribution >= 4 is 31.6 Å². The summed E-state index contributed by atoms with van der Waals surface area (Å²) in [4.78, 5) is 56.2. The molecule has 2 N–H and O–H groups in total. The Morgan fingerprint density at radius 3 is 1.52 bits per heavy atom. The lowest BCUT2D eigenvalue weighted by molar-refractivity contribution is -0.303. The van der Waals surface area contributed by atoms with Gasteiger partial charge in [-0.05, 0) is 64.7 Å². The molecule has 0 aromatic heterocycles. The van der Waals surface area contributed by atoms with Crippen molar-refractivity contribution in [2.45, 2.75) is 359 Å². The number of phosphoric ester groups is 1. The topological polar surface area (TPSA) is 229 Å². The van der Waals surface area contributed by atoms with E-state index in [2.05, 4.69) is 70.2 Å². The van der Waals surface area contributed by atoms with Crippen molar-refractivity contribution < 1.29 is 84.7 Å². The number of carbonyl (C=O) groups excluding carboxylic acids is 4. The van der Waals surface area contributed by atoms with Crippen molar-refractivity contribution in [3.05, 3.63) is 62.5 Å². The summed E-state index contributed by atoms with van der Waals surface area (Å²) in [5.41, 5.74) is 0. The van der Waals surface area contributed by atoms with Gasteiger partial charge in [0.2, 0.25) is 18.1 Å². The molecule has 2 saturated heterocycles. The Morgan fingerprint density at radius 2 is 0.970 bits per heavy atom. The third-order valence-electron chi connectivity index (χ3n) is 18.2. The first-order valence-electron chi connectivity index (χ1n) is 39.3. The van der Waals surface area contributed by atoms with Crippen LogP contribution in [0.4, 0.5) is 4.79 Å². The molecular formula is C79H141N2O18P. The average Bonchev–Trinajstić information content (AvgIpc) is 0.780. The zero-order valence-corrected chi connectivity index (χ0v) is 64.4. The van der Waals surface area contributed by atoms with Crippen LogP contribution >= 0.6 is 7.82 Å². The molecule has 2 aliphatic rings. The highest BCUT2D eigenvalue weighted by Gasteiger charge is 2.54. The minimum atomic E-state index is -4.49. The van der Waals surface area contributed by atoms with E-state index in [1.807, 2.05) is 0 Å². The third kappa shape index (κ3) is 43.5. The zero-order valence-electron chi connectivity index (χ0n) is 63.5. The second-order valence-corrected chi connectivity index (χ2v) is 28.5. The normalized spacial score (nSPS) is 21.3. The van der Waals surface area contributed by atoms with Gasteiger partial charge in [-0.15, -0.1) is 13.2 Å². The van der Waals surface area contributed by atoms with Crippen molar-refractivity contribution in [2.75, 3.05) is 60.5 Å². The van der Waals surface area contributed by atoms with Gasteiger partial charge in [-0.2, -0.15) is 0 Å². The predicted molar refractivity (Wildman–Crippen MR) is 398 cm³/mol. The Hall–Kier alpha value is -3.79. The van der Waals surface area contributed by atoms with Crippen LogP contribution < -0.4 is 10.6 Å². The zero-order chi connectivity index (χ0) is 73.0. The molecule has 11 atom stereocenters. The molecule has 2 rings (SSSR count). The molecule has 0 spiro atoms. The van der Waals surface area contributed by atoms with Gasteiger partial charge in [-0.1, -0.05) is 251 Å². The maximum Gasteiger partial charge on any atom is 0.509 e. The first-order valence-corrected chi connectivity index (χ1v) is 40.7. The summed E-state index contributed by atoms with van der Waals surface area (Å²) < 4.78 is 96.9. The quantitative estimate of drug-likeness (QED) is 0.0144. The Kier molecular flexibility index (Phi) is 57.8. The maximum absolute atomic E-state index is 14.8. The second-order valence-electron chi connectivity index (χ2n) is 26.9. The highest BCUT2D eigenvalue weighted by molar-refractivity contribution is 7.48. The fourth-order valence-electron chi connectivity index (χ4n) is 12.5. The number of ketones is 1. The van der Waals surface area contributed by atoms with E-state index in [0.717, 1.165) is 141 Å². The van der Waals surface area contributed by atoms with Crippen LogP contribution in [-0.2, 0) is 79.9 Å². The molecule has 0 bridgehead atoms.